The van der Waals surface area contributed by atoms with Gasteiger partial charge in [-0.05, 0) is 35.4 Å². The zero-order valence-electron chi connectivity index (χ0n) is 13.1. The molecule has 1 N–H and O–H groups in total. The van der Waals surface area contributed by atoms with Crippen LogP contribution in [-0.2, 0) is 0 Å². The Balaban J connectivity index is 0.00000180. The van der Waals surface area contributed by atoms with E-state index in [4.69, 9.17) is 0 Å². The van der Waals surface area contributed by atoms with Gasteiger partial charge in [0.1, 0.15) is 5.75 Å². The third-order valence-corrected chi connectivity index (χ3v) is 3.30. The Morgan fingerprint density at radius 3 is 1.74 bits per heavy atom. The van der Waals surface area contributed by atoms with E-state index in [9.17, 15) is 5.11 Å². The van der Waals surface area contributed by atoms with E-state index < -0.39 is 0 Å². The number of hydrogen-bond donors (Lipinski definition) is 1. The second kappa shape index (κ2) is 6.99. The molecule has 2 rings (SSSR count). The zero-order valence-corrected chi connectivity index (χ0v) is 14.1. The first-order valence-electron chi connectivity index (χ1n) is 6.14. The number of hydrogen-bond acceptors (Lipinski definition) is 2. The van der Waals surface area contributed by atoms with Gasteiger partial charge in [-0.25, -0.2) is 0 Å². The molecule has 3 heteroatoms. The van der Waals surface area contributed by atoms with Crippen molar-refractivity contribution < 1.29 is 36.1 Å². The predicted octanol–water partition coefficient (Wildman–Crippen LogP) is 0.726. The molecule has 0 heterocycles. The summed E-state index contributed by atoms with van der Waals surface area (Å²) in [4.78, 5) is 2.09. The van der Waals surface area contributed by atoms with Crippen LogP contribution in [0.4, 0.5) is 5.69 Å². The van der Waals surface area contributed by atoms with Gasteiger partial charge >= 0.3 is 29.6 Å². The molecule has 2 nitrogen and oxygen atoms in total. The molecular formula is C16H20NNaO. The van der Waals surface area contributed by atoms with Gasteiger partial charge in [0.25, 0.3) is 0 Å². The Kier molecular flexibility index (Phi) is 5.92. The van der Waals surface area contributed by atoms with Crippen LogP contribution >= 0.6 is 0 Å². The number of nitrogens with zero attached hydrogens (tertiary/aromatic N) is 1. The molecule has 0 radical (unpaired) electrons. The van der Waals surface area contributed by atoms with Crippen molar-refractivity contribution in [3.8, 4) is 5.75 Å². The molecule has 0 saturated carbocycles. The van der Waals surface area contributed by atoms with Crippen molar-refractivity contribution in [3.05, 3.63) is 59.7 Å². The summed E-state index contributed by atoms with van der Waals surface area (Å²) in [5, 5.41) is 9.30. The molecule has 0 aromatic heterocycles. The van der Waals surface area contributed by atoms with Crippen LogP contribution in [0.1, 0.15) is 25.4 Å². The predicted molar refractivity (Wildman–Crippen MR) is 77.5 cm³/mol. The molecule has 1 atom stereocenters. The minimum atomic E-state index is 0. The molecule has 0 aliphatic rings. The number of anilines is 1. The van der Waals surface area contributed by atoms with Gasteiger partial charge in [-0.3, -0.25) is 0 Å². The number of aromatic hydroxyl groups is 1. The van der Waals surface area contributed by atoms with E-state index in [0.717, 1.165) is 0 Å². The molecule has 0 aliphatic heterocycles. The molecule has 0 saturated heterocycles. The van der Waals surface area contributed by atoms with Gasteiger partial charge in [0.15, 0.2) is 0 Å². The standard InChI is InChI=1S/C16H19NO.Na.H/c1-12(14-6-10-16(18)11-7-14)13-4-8-15(9-5-13)17(2)3;;/h4-12,18H,1-3H3;;/q;+1;-1. The van der Waals surface area contributed by atoms with E-state index in [-0.39, 0.29) is 31.0 Å². The van der Waals surface area contributed by atoms with Gasteiger partial charge in [0.2, 0.25) is 0 Å². The topological polar surface area (TPSA) is 23.5 Å². The van der Waals surface area contributed by atoms with E-state index in [2.05, 4.69) is 36.1 Å². The first-order valence-corrected chi connectivity index (χ1v) is 6.14. The fourth-order valence-electron chi connectivity index (χ4n) is 2.02. The van der Waals surface area contributed by atoms with Crippen molar-refractivity contribution >= 4 is 5.69 Å². The summed E-state index contributed by atoms with van der Waals surface area (Å²) in [7, 11) is 4.08. The molecule has 2 aromatic carbocycles. The van der Waals surface area contributed by atoms with E-state index in [1.54, 1.807) is 12.1 Å². The van der Waals surface area contributed by atoms with Gasteiger partial charge in [-0.1, -0.05) is 31.2 Å². The Bertz CT molecular complexity index is 511. The summed E-state index contributed by atoms with van der Waals surface area (Å²) < 4.78 is 0. The zero-order chi connectivity index (χ0) is 13.1. The largest absolute Gasteiger partial charge is 1.00 e. The van der Waals surface area contributed by atoms with Crippen LogP contribution < -0.4 is 34.5 Å². The van der Waals surface area contributed by atoms with E-state index in [0.29, 0.717) is 11.7 Å². The minimum absolute atomic E-state index is 0. The number of rotatable bonds is 3. The van der Waals surface area contributed by atoms with Crippen LogP contribution in [-0.4, -0.2) is 19.2 Å². The van der Waals surface area contributed by atoms with Gasteiger partial charge in [-0.2, -0.15) is 0 Å². The van der Waals surface area contributed by atoms with Crippen LogP contribution in [0, 0.1) is 0 Å². The van der Waals surface area contributed by atoms with Crippen LogP contribution in [0.5, 0.6) is 5.75 Å². The number of benzene rings is 2. The quantitative estimate of drug-likeness (QED) is 0.827. The van der Waals surface area contributed by atoms with Crippen molar-refractivity contribution in [2.45, 2.75) is 12.8 Å². The normalized spacial score (nSPS) is 11.5. The fourth-order valence-corrected chi connectivity index (χ4v) is 2.02. The Labute approximate surface area is 138 Å². The van der Waals surface area contributed by atoms with Gasteiger partial charge in [0.05, 0.1) is 0 Å². The van der Waals surface area contributed by atoms with Crippen LogP contribution in [0.15, 0.2) is 48.5 Å². The average Bonchev–Trinajstić information content (AvgIpc) is 2.39. The Hall–Kier alpha value is -0.960. The van der Waals surface area contributed by atoms with Gasteiger partial charge < -0.3 is 11.4 Å². The molecule has 0 spiro atoms. The van der Waals surface area contributed by atoms with Gasteiger partial charge in [0, 0.05) is 25.7 Å². The van der Waals surface area contributed by atoms with Crippen LogP contribution in [0.3, 0.4) is 0 Å². The maximum atomic E-state index is 9.30. The number of phenols is 1. The molecule has 2 aromatic rings. The summed E-state index contributed by atoms with van der Waals surface area (Å²) in [5.74, 6) is 0.649. The molecule has 0 bridgehead atoms. The summed E-state index contributed by atoms with van der Waals surface area (Å²) in [5.41, 5.74) is 3.70. The van der Waals surface area contributed by atoms with Crippen molar-refractivity contribution in [3.63, 3.8) is 0 Å². The molecule has 19 heavy (non-hydrogen) atoms. The number of phenolic OH excluding ortho intramolecular Hbond substituents is 1. The van der Waals surface area contributed by atoms with E-state index >= 15 is 0 Å². The van der Waals surface area contributed by atoms with Crippen molar-refractivity contribution in [1.29, 1.82) is 0 Å². The second-order valence-corrected chi connectivity index (χ2v) is 4.80. The smallest absolute Gasteiger partial charge is 1.00 e. The van der Waals surface area contributed by atoms with Gasteiger partial charge in [-0.15, -0.1) is 0 Å². The van der Waals surface area contributed by atoms with Crippen LogP contribution in [0.2, 0.25) is 0 Å². The Morgan fingerprint density at radius 2 is 1.32 bits per heavy atom. The third-order valence-electron chi connectivity index (χ3n) is 3.30. The summed E-state index contributed by atoms with van der Waals surface area (Å²) in [6.07, 6.45) is 0. The summed E-state index contributed by atoms with van der Waals surface area (Å²) in [6.45, 7) is 2.18. The van der Waals surface area contributed by atoms with Crippen molar-refractivity contribution in [2.75, 3.05) is 19.0 Å². The second-order valence-electron chi connectivity index (χ2n) is 4.80. The molecular weight excluding hydrogens is 245 g/mol. The maximum absolute atomic E-state index is 9.30. The first-order chi connectivity index (χ1) is 8.58. The van der Waals surface area contributed by atoms with E-state index in [1.165, 1.54) is 16.8 Å². The molecule has 0 fully saturated rings. The molecule has 0 amide bonds. The minimum Gasteiger partial charge on any atom is -1.00 e. The molecule has 1 unspecified atom stereocenters. The first kappa shape index (κ1) is 16.1. The fraction of sp³-hybridized carbons (Fsp3) is 0.250. The molecule has 96 valence electrons. The van der Waals surface area contributed by atoms with Crippen molar-refractivity contribution in [1.82, 2.24) is 0 Å². The summed E-state index contributed by atoms with van der Waals surface area (Å²) >= 11 is 0. The SMILES string of the molecule is CC(c1ccc(O)cc1)c1ccc(N(C)C)cc1.[H-].[Na+]. The summed E-state index contributed by atoms with van der Waals surface area (Å²) in [6, 6.07) is 16.0. The van der Waals surface area contributed by atoms with Crippen LogP contribution in [0.25, 0.3) is 0 Å². The maximum Gasteiger partial charge on any atom is 1.00 e. The van der Waals surface area contributed by atoms with E-state index in [1.807, 2.05) is 26.2 Å². The third kappa shape index (κ3) is 4.00. The monoisotopic (exact) mass is 265 g/mol. The van der Waals surface area contributed by atoms with Crippen molar-refractivity contribution in [2.24, 2.45) is 0 Å². The Morgan fingerprint density at radius 1 is 0.895 bits per heavy atom. The average molecular weight is 265 g/mol. The molecule has 0 aliphatic carbocycles.